The highest BCUT2D eigenvalue weighted by atomic mass is 16.6. The van der Waals surface area contributed by atoms with Crippen LogP contribution in [0.4, 0.5) is 4.79 Å². The van der Waals surface area contributed by atoms with Crippen LogP contribution in [0, 0.1) is 0 Å². The summed E-state index contributed by atoms with van der Waals surface area (Å²) in [5.41, 5.74) is 0. The number of hydrogen-bond acceptors (Lipinski definition) is 5. The lowest BCUT2D eigenvalue weighted by Gasteiger charge is -2.35. The van der Waals surface area contributed by atoms with Crippen LogP contribution in [0.1, 0.15) is 13.8 Å². The smallest absolute Gasteiger partial charge is 0.409 e. The average Bonchev–Trinajstić information content (AvgIpc) is 2.62. The third-order valence-electron chi connectivity index (χ3n) is 3.84. The van der Waals surface area contributed by atoms with Crippen molar-refractivity contribution in [2.24, 2.45) is 0 Å². The Labute approximate surface area is 142 Å². The normalized spacial score (nSPS) is 15.6. The zero-order chi connectivity index (χ0) is 17.5. The third-order valence-corrected chi connectivity index (χ3v) is 3.84. The van der Waals surface area contributed by atoms with Crippen LogP contribution in [-0.4, -0.2) is 67.8 Å². The molecule has 1 fully saturated rings. The second kappa shape index (κ2) is 8.42. The second-order valence-electron chi connectivity index (χ2n) is 5.45. The van der Waals surface area contributed by atoms with Crippen LogP contribution < -0.4 is 9.47 Å². The fourth-order valence-electron chi connectivity index (χ4n) is 2.49. The van der Waals surface area contributed by atoms with E-state index in [2.05, 4.69) is 0 Å². The summed E-state index contributed by atoms with van der Waals surface area (Å²) in [5.74, 6) is 1.26. The maximum Gasteiger partial charge on any atom is 0.409 e. The van der Waals surface area contributed by atoms with Gasteiger partial charge in [0, 0.05) is 26.2 Å². The first-order valence-corrected chi connectivity index (χ1v) is 8.06. The Morgan fingerprint density at radius 3 is 2.12 bits per heavy atom. The first-order valence-electron chi connectivity index (χ1n) is 8.06. The molecule has 1 saturated heterocycles. The fraction of sp³-hybridized carbons (Fsp3) is 0.529. The summed E-state index contributed by atoms with van der Waals surface area (Å²) in [5, 5.41) is 0. The van der Waals surface area contributed by atoms with Crippen LogP contribution in [0.25, 0.3) is 0 Å². The number of hydrogen-bond donors (Lipinski definition) is 0. The SMILES string of the molecule is CCOC(=O)N1CCN(C(=O)[C@H](C)Oc2ccc(OC)cc2)CC1. The molecule has 0 saturated carbocycles. The predicted octanol–water partition coefficient (Wildman–Crippen LogP) is 1.76. The van der Waals surface area contributed by atoms with Crippen molar-refractivity contribution in [3.8, 4) is 11.5 Å². The zero-order valence-electron chi connectivity index (χ0n) is 14.4. The van der Waals surface area contributed by atoms with Crippen molar-refractivity contribution in [1.82, 2.24) is 9.80 Å². The molecule has 7 heteroatoms. The highest BCUT2D eigenvalue weighted by Gasteiger charge is 2.28. The summed E-state index contributed by atoms with van der Waals surface area (Å²) < 4.78 is 15.8. The Morgan fingerprint density at radius 1 is 1.04 bits per heavy atom. The molecular formula is C17H24N2O5. The molecule has 1 aromatic carbocycles. The van der Waals surface area contributed by atoms with E-state index in [1.54, 1.807) is 55.0 Å². The van der Waals surface area contributed by atoms with Crippen molar-refractivity contribution in [3.05, 3.63) is 24.3 Å². The third kappa shape index (κ3) is 4.53. The van der Waals surface area contributed by atoms with Crippen molar-refractivity contribution >= 4 is 12.0 Å². The molecule has 0 N–H and O–H groups in total. The number of carbonyl (C=O) groups is 2. The molecule has 1 atom stereocenters. The van der Waals surface area contributed by atoms with E-state index in [9.17, 15) is 9.59 Å². The van der Waals surface area contributed by atoms with E-state index in [0.29, 0.717) is 38.5 Å². The largest absolute Gasteiger partial charge is 0.497 e. The van der Waals surface area contributed by atoms with Crippen molar-refractivity contribution in [1.29, 1.82) is 0 Å². The topological polar surface area (TPSA) is 68.3 Å². The maximum absolute atomic E-state index is 12.5. The summed E-state index contributed by atoms with van der Waals surface area (Å²) in [7, 11) is 1.60. The minimum absolute atomic E-state index is 0.0886. The van der Waals surface area contributed by atoms with Gasteiger partial charge in [-0.3, -0.25) is 4.79 Å². The lowest BCUT2D eigenvalue weighted by molar-refractivity contribution is -0.139. The van der Waals surface area contributed by atoms with Crippen LogP contribution in [-0.2, 0) is 9.53 Å². The van der Waals surface area contributed by atoms with Gasteiger partial charge in [-0.15, -0.1) is 0 Å². The lowest BCUT2D eigenvalue weighted by atomic mass is 10.2. The summed E-state index contributed by atoms with van der Waals surface area (Å²) in [6, 6.07) is 7.10. The molecule has 2 amide bonds. The van der Waals surface area contributed by atoms with Crippen molar-refractivity contribution < 1.29 is 23.8 Å². The molecule has 1 heterocycles. The number of ether oxygens (including phenoxy) is 3. The average molecular weight is 336 g/mol. The number of amides is 2. The summed E-state index contributed by atoms with van der Waals surface area (Å²) in [6.07, 6.45) is -0.917. The molecule has 0 unspecified atom stereocenters. The van der Waals surface area contributed by atoms with Crippen molar-refractivity contribution in [2.45, 2.75) is 20.0 Å². The summed E-state index contributed by atoms with van der Waals surface area (Å²) >= 11 is 0. The predicted molar refractivity (Wildman–Crippen MR) is 88.3 cm³/mol. The fourth-order valence-corrected chi connectivity index (χ4v) is 2.49. The number of carbonyl (C=O) groups excluding carboxylic acids is 2. The molecule has 132 valence electrons. The molecular weight excluding hydrogens is 312 g/mol. The minimum atomic E-state index is -0.590. The van der Waals surface area contributed by atoms with Gasteiger partial charge in [0.25, 0.3) is 5.91 Å². The van der Waals surface area contributed by atoms with Crippen LogP contribution in [0.5, 0.6) is 11.5 Å². The standard InChI is InChI=1S/C17H24N2O5/c1-4-23-17(21)19-11-9-18(10-12-19)16(20)13(2)24-15-7-5-14(22-3)6-8-15/h5-8,13H,4,9-12H2,1-3H3/t13-/m0/s1. The van der Waals surface area contributed by atoms with E-state index in [1.165, 1.54) is 0 Å². The van der Waals surface area contributed by atoms with Gasteiger partial charge in [-0.2, -0.15) is 0 Å². The van der Waals surface area contributed by atoms with E-state index in [-0.39, 0.29) is 12.0 Å². The summed E-state index contributed by atoms with van der Waals surface area (Å²) in [4.78, 5) is 27.5. The first kappa shape index (κ1) is 17.9. The van der Waals surface area contributed by atoms with Gasteiger partial charge in [-0.25, -0.2) is 4.79 Å². The summed E-state index contributed by atoms with van der Waals surface area (Å²) in [6.45, 7) is 5.76. The van der Waals surface area contributed by atoms with E-state index in [4.69, 9.17) is 14.2 Å². The zero-order valence-corrected chi connectivity index (χ0v) is 14.4. The molecule has 1 aliphatic heterocycles. The number of benzene rings is 1. The second-order valence-corrected chi connectivity index (χ2v) is 5.45. The molecule has 0 aliphatic carbocycles. The molecule has 7 nitrogen and oxygen atoms in total. The highest BCUT2D eigenvalue weighted by molar-refractivity contribution is 5.81. The van der Waals surface area contributed by atoms with Crippen LogP contribution in [0.2, 0.25) is 0 Å². The van der Waals surface area contributed by atoms with Gasteiger partial charge in [0.15, 0.2) is 6.10 Å². The maximum atomic E-state index is 12.5. The van der Waals surface area contributed by atoms with Gasteiger partial charge in [0.2, 0.25) is 0 Å². The Kier molecular flexibility index (Phi) is 6.28. The van der Waals surface area contributed by atoms with E-state index in [0.717, 1.165) is 5.75 Å². The monoisotopic (exact) mass is 336 g/mol. The van der Waals surface area contributed by atoms with Gasteiger partial charge >= 0.3 is 6.09 Å². The quantitative estimate of drug-likeness (QED) is 0.820. The van der Waals surface area contributed by atoms with Crippen LogP contribution >= 0.6 is 0 Å². The Morgan fingerprint density at radius 2 is 1.58 bits per heavy atom. The molecule has 1 aromatic rings. The Hall–Kier alpha value is -2.44. The molecule has 1 aliphatic rings. The molecule has 24 heavy (non-hydrogen) atoms. The van der Waals surface area contributed by atoms with Gasteiger partial charge < -0.3 is 24.0 Å². The van der Waals surface area contributed by atoms with Crippen LogP contribution in [0.15, 0.2) is 24.3 Å². The van der Waals surface area contributed by atoms with Crippen molar-refractivity contribution in [2.75, 3.05) is 39.9 Å². The lowest BCUT2D eigenvalue weighted by Crippen LogP contribution is -2.53. The van der Waals surface area contributed by atoms with Gasteiger partial charge in [-0.1, -0.05) is 0 Å². The number of methoxy groups -OCH3 is 1. The number of rotatable bonds is 5. The molecule has 2 rings (SSSR count). The molecule has 0 radical (unpaired) electrons. The van der Waals surface area contributed by atoms with E-state index >= 15 is 0 Å². The Balaban J connectivity index is 1.84. The highest BCUT2D eigenvalue weighted by Crippen LogP contribution is 2.19. The van der Waals surface area contributed by atoms with Crippen LogP contribution in [0.3, 0.4) is 0 Å². The van der Waals surface area contributed by atoms with Crippen molar-refractivity contribution in [3.63, 3.8) is 0 Å². The van der Waals surface area contributed by atoms with E-state index in [1.807, 2.05) is 0 Å². The van der Waals surface area contributed by atoms with Gasteiger partial charge in [0.1, 0.15) is 11.5 Å². The molecule has 0 spiro atoms. The van der Waals surface area contributed by atoms with E-state index < -0.39 is 6.10 Å². The number of nitrogens with zero attached hydrogens (tertiary/aromatic N) is 2. The Bertz CT molecular complexity index is 553. The van der Waals surface area contributed by atoms with Gasteiger partial charge in [0.05, 0.1) is 13.7 Å². The minimum Gasteiger partial charge on any atom is -0.497 e. The first-order chi connectivity index (χ1) is 11.5. The molecule has 0 aromatic heterocycles. The van der Waals surface area contributed by atoms with Gasteiger partial charge in [-0.05, 0) is 38.1 Å². The number of piperazine rings is 1. The molecule has 0 bridgehead atoms.